The van der Waals surface area contributed by atoms with Crippen LogP contribution in [-0.2, 0) is 24.1 Å². The van der Waals surface area contributed by atoms with Gasteiger partial charge in [0.15, 0.2) is 16.8 Å². The number of nitrogens with zero attached hydrogens (tertiary/aromatic N) is 3. The van der Waals surface area contributed by atoms with Crippen molar-refractivity contribution in [1.29, 1.82) is 0 Å². The van der Waals surface area contributed by atoms with E-state index in [1.807, 2.05) is 10.6 Å². The number of fused-ring (bicyclic) bond motifs is 1. The van der Waals surface area contributed by atoms with Crippen molar-refractivity contribution < 1.29 is 13.9 Å². The van der Waals surface area contributed by atoms with Crippen LogP contribution in [-0.4, -0.2) is 39.0 Å². The molecule has 7 heteroatoms. The van der Waals surface area contributed by atoms with Crippen molar-refractivity contribution in [2.75, 3.05) is 12.4 Å². The second kappa shape index (κ2) is 9.55. The number of Topliss-reactive ketones (excluding diaryl/α,β-unsaturated/α-hetero) is 1. The number of benzene rings is 2. The Hall–Kier alpha value is -2.51. The topological polar surface area (TPSA) is 57.0 Å². The Morgan fingerprint density at radius 1 is 1.06 bits per heavy atom. The molecule has 1 atom stereocenters. The van der Waals surface area contributed by atoms with Crippen LogP contribution >= 0.6 is 11.8 Å². The molecule has 0 N–H and O–H groups in total. The first-order chi connectivity index (χ1) is 15.7. The van der Waals surface area contributed by atoms with E-state index in [1.54, 1.807) is 12.1 Å². The molecule has 0 radical (unpaired) electrons. The average molecular weight is 452 g/mol. The van der Waals surface area contributed by atoms with Gasteiger partial charge in [0.05, 0.1) is 18.4 Å². The Kier molecular flexibility index (Phi) is 6.37. The fraction of sp³-hybridized carbons (Fsp3) is 0.400. The Morgan fingerprint density at radius 2 is 1.88 bits per heavy atom. The van der Waals surface area contributed by atoms with E-state index in [0.717, 1.165) is 43.4 Å². The van der Waals surface area contributed by atoms with Gasteiger partial charge in [-0.25, -0.2) is 4.39 Å². The summed E-state index contributed by atoms with van der Waals surface area (Å²) in [5.41, 5.74) is 4.25. The molecule has 5 rings (SSSR count). The van der Waals surface area contributed by atoms with E-state index in [9.17, 15) is 9.18 Å². The van der Waals surface area contributed by atoms with Gasteiger partial charge in [0.2, 0.25) is 0 Å². The summed E-state index contributed by atoms with van der Waals surface area (Å²) in [6.45, 7) is 1.38. The van der Waals surface area contributed by atoms with Crippen LogP contribution in [0.1, 0.15) is 47.2 Å². The summed E-state index contributed by atoms with van der Waals surface area (Å²) >= 11 is 1.40. The van der Waals surface area contributed by atoms with Crippen LogP contribution in [0.2, 0.25) is 0 Å². The van der Waals surface area contributed by atoms with E-state index in [1.165, 1.54) is 47.9 Å². The van der Waals surface area contributed by atoms with Crippen LogP contribution < -0.4 is 0 Å². The maximum Gasteiger partial charge on any atom is 0.192 e. The highest BCUT2D eigenvalue weighted by molar-refractivity contribution is 7.99. The SMILES string of the molecule is O=C(CSc1nnc(-c2ccc(F)cc2)n1C[C@@H]1CCCO1)c1ccc2c(c1)CCCC2. The highest BCUT2D eigenvalue weighted by Gasteiger charge is 2.23. The lowest BCUT2D eigenvalue weighted by Gasteiger charge is -2.16. The van der Waals surface area contributed by atoms with Crippen LogP contribution in [0.15, 0.2) is 47.6 Å². The van der Waals surface area contributed by atoms with Gasteiger partial charge in [0.25, 0.3) is 0 Å². The lowest BCUT2D eigenvalue weighted by atomic mass is 9.90. The number of ether oxygens (including phenoxy) is 1. The van der Waals surface area contributed by atoms with Crippen molar-refractivity contribution in [2.24, 2.45) is 0 Å². The number of carbonyl (C=O) groups is 1. The van der Waals surface area contributed by atoms with Crippen LogP contribution in [0.5, 0.6) is 0 Å². The Labute approximate surface area is 191 Å². The lowest BCUT2D eigenvalue weighted by Crippen LogP contribution is -2.17. The van der Waals surface area contributed by atoms with Gasteiger partial charge in [0, 0.05) is 17.7 Å². The highest BCUT2D eigenvalue weighted by atomic mass is 32.2. The fourth-order valence-corrected chi connectivity index (χ4v) is 5.33. The summed E-state index contributed by atoms with van der Waals surface area (Å²) in [6.07, 6.45) is 6.71. The molecular formula is C25H26FN3O2S. The van der Waals surface area contributed by atoms with Gasteiger partial charge in [-0.3, -0.25) is 9.36 Å². The number of halogens is 1. The van der Waals surface area contributed by atoms with Crippen molar-refractivity contribution in [3.8, 4) is 11.4 Å². The van der Waals surface area contributed by atoms with E-state index in [-0.39, 0.29) is 17.7 Å². The second-order valence-electron chi connectivity index (χ2n) is 8.46. The largest absolute Gasteiger partial charge is 0.376 e. The Balaban J connectivity index is 1.35. The van der Waals surface area contributed by atoms with E-state index < -0.39 is 0 Å². The number of aromatic nitrogens is 3. The fourth-order valence-electron chi connectivity index (χ4n) is 4.48. The van der Waals surface area contributed by atoms with Crippen molar-refractivity contribution in [3.63, 3.8) is 0 Å². The first-order valence-electron chi connectivity index (χ1n) is 11.3. The molecule has 1 aliphatic heterocycles. The van der Waals surface area contributed by atoms with Gasteiger partial charge in [-0.15, -0.1) is 10.2 Å². The number of ketones is 1. The van der Waals surface area contributed by atoms with E-state index >= 15 is 0 Å². The molecule has 1 saturated heterocycles. The number of aryl methyl sites for hydroxylation is 2. The zero-order valence-corrected chi connectivity index (χ0v) is 18.7. The number of hydrogen-bond donors (Lipinski definition) is 0. The summed E-state index contributed by atoms with van der Waals surface area (Å²) in [7, 11) is 0. The molecule has 2 heterocycles. The standard InChI is InChI=1S/C25H26FN3O2S/c26-21-11-9-18(10-12-21)24-27-28-25(29(24)15-22-6-3-13-31-22)32-16-23(30)20-8-7-17-4-1-2-5-19(17)14-20/h7-12,14,22H,1-6,13,15-16H2/t22-/m0/s1. The summed E-state index contributed by atoms with van der Waals surface area (Å²) < 4.78 is 21.2. The van der Waals surface area contributed by atoms with Crippen molar-refractivity contribution in [3.05, 3.63) is 65.0 Å². The third-order valence-corrected chi connectivity index (χ3v) is 7.20. The van der Waals surface area contributed by atoms with Gasteiger partial charge in [0.1, 0.15) is 5.82 Å². The number of hydrogen-bond acceptors (Lipinski definition) is 5. The molecule has 2 aliphatic rings. The van der Waals surface area contributed by atoms with E-state index in [2.05, 4.69) is 22.3 Å². The molecule has 2 aromatic carbocycles. The molecule has 32 heavy (non-hydrogen) atoms. The highest BCUT2D eigenvalue weighted by Crippen LogP contribution is 2.28. The summed E-state index contributed by atoms with van der Waals surface area (Å²) in [6, 6.07) is 12.4. The Bertz CT molecular complexity index is 1110. The van der Waals surface area contributed by atoms with Crippen molar-refractivity contribution in [2.45, 2.75) is 56.3 Å². The maximum absolute atomic E-state index is 13.4. The molecule has 0 amide bonds. The normalized spacial score (nSPS) is 18.0. The smallest absolute Gasteiger partial charge is 0.192 e. The summed E-state index contributed by atoms with van der Waals surface area (Å²) in [5, 5.41) is 9.42. The summed E-state index contributed by atoms with van der Waals surface area (Å²) in [4.78, 5) is 12.9. The zero-order chi connectivity index (χ0) is 21.9. The van der Waals surface area contributed by atoms with Gasteiger partial charge < -0.3 is 4.74 Å². The second-order valence-corrected chi connectivity index (χ2v) is 9.40. The van der Waals surface area contributed by atoms with Gasteiger partial charge in [-0.2, -0.15) is 0 Å². The molecule has 3 aromatic rings. The predicted molar refractivity (Wildman–Crippen MR) is 123 cm³/mol. The zero-order valence-electron chi connectivity index (χ0n) is 17.9. The van der Waals surface area contributed by atoms with Gasteiger partial charge >= 0.3 is 0 Å². The minimum Gasteiger partial charge on any atom is -0.376 e. The van der Waals surface area contributed by atoms with Crippen molar-refractivity contribution >= 4 is 17.5 Å². The lowest BCUT2D eigenvalue weighted by molar-refractivity contribution is 0.0953. The van der Waals surface area contributed by atoms with Crippen LogP contribution in [0.3, 0.4) is 0 Å². The molecule has 166 valence electrons. The maximum atomic E-state index is 13.4. The van der Waals surface area contributed by atoms with Crippen molar-refractivity contribution in [1.82, 2.24) is 14.8 Å². The molecule has 1 aromatic heterocycles. The molecular weight excluding hydrogens is 425 g/mol. The van der Waals surface area contributed by atoms with E-state index in [4.69, 9.17) is 4.74 Å². The number of rotatable bonds is 7. The molecule has 1 fully saturated rings. The van der Waals surface area contributed by atoms with E-state index in [0.29, 0.717) is 23.3 Å². The minimum absolute atomic E-state index is 0.0957. The first kappa shape index (κ1) is 21.3. The molecule has 0 saturated carbocycles. The molecule has 5 nitrogen and oxygen atoms in total. The minimum atomic E-state index is -0.288. The van der Waals surface area contributed by atoms with Gasteiger partial charge in [-0.1, -0.05) is 23.9 Å². The monoisotopic (exact) mass is 451 g/mol. The molecule has 0 unspecified atom stereocenters. The third-order valence-electron chi connectivity index (χ3n) is 6.23. The molecule has 1 aliphatic carbocycles. The predicted octanol–water partition coefficient (Wildman–Crippen LogP) is 5.12. The van der Waals surface area contributed by atoms with Crippen LogP contribution in [0.25, 0.3) is 11.4 Å². The Morgan fingerprint density at radius 3 is 2.66 bits per heavy atom. The number of carbonyl (C=O) groups excluding carboxylic acids is 1. The molecule has 0 bridgehead atoms. The average Bonchev–Trinajstić information content (AvgIpc) is 3.48. The summed E-state index contributed by atoms with van der Waals surface area (Å²) in [5.74, 6) is 0.776. The van der Waals surface area contributed by atoms with Crippen LogP contribution in [0, 0.1) is 5.82 Å². The van der Waals surface area contributed by atoms with Crippen LogP contribution in [0.4, 0.5) is 4.39 Å². The van der Waals surface area contributed by atoms with Gasteiger partial charge in [-0.05, 0) is 80.0 Å². The third kappa shape index (κ3) is 4.64. The quantitative estimate of drug-likeness (QED) is 0.369. The molecule has 0 spiro atoms. The number of thioether (sulfide) groups is 1. The first-order valence-corrected chi connectivity index (χ1v) is 12.2.